The molecule has 0 N–H and O–H groups in total. The van der Waals surface area contributed by atoms with Crippen molar-refractivity contribution in [3.05, 3.63) is 36.0 Å². The first kappa shape index (κ1) is 32.4. The van der Waals surface area contributed by atoms with E-state index < -0.39 is 0 Å². The molecule has 0 radical (unpaired) electrons. The molecule has 0 amide bonds. The summed E-state index contributed by atoms with van der Waals surface area (Å²) in [7, 11) is 1.37. The molecule has 2 heterocycles. The largest absolute Gasteiger partial charge is 0.467 e. The van der Waals surface area contributed by atoms with Gasteiger partial charge < -0.3 is 28.4 Å². The van der Waals surface area contributed by atoms with Crippen molar-refractivity contribution in [1.29, 1.82) is 0 Å². The Morgan fingerprint density at radius 2 is 1.85 bits per heavy atom. The van der Waals surface area contributed by atoms with Gasteiger partial charge in [0.1, 0.15) is 6.61 Å². The lowest BCUT2D eigenvalue weighted by molar-refractivity contribution is -0.198. The molecule has 7 atom stereocenters. The predicted octanol–water partition coefficient (Wildman–Crippen LogP) is 6.91. The molecule has 0 aromatic rings. The van der Waals surface area contributed by atoms with Crippen LogP contribution in [0.2, 0.25) is 0 Å². The van der Waals surface area contributed by atoms with E-state index in [1.54, 1.807) is 0 Å². The number of rotatable bonds is 15. The highest BCUT2D eigenvalue weighted by atomic mass is 16.7. The second kappa shape index (κ2) is 15.8. The SMILES string of the molecule is C=C(COCC(=O)OC)C1=C[C@H]2C[C@@H](OC3CCCCO3)[C@H](/C=C/[C@@H](OC3CCCCO3)C(C)(C)CCCC)[C@H]2C1. The average Bonchev–Trinajstić information content (AvgIpc) is 3.53. The summed E-state index contributed by atoms with van der Waals surface area (Å²) in [4.78, 5) is 11.5. The van der Waals surface area contributed by atoms with Crippen LogP contribution in [0.1, 0.15) is 91.4 Å². The highest BCUT2D eigenvalue weighted by Crippen LogP contribution is 2.50. The van der Waals surface area contributed by atoms with Crippen molar-refractivity contribution in [2.24, 2.45) is 23.2 Å². The third kappa shape index (κ3) is 9.24. The number of hydrogen-bond donors (Lipinski definition) is 0. The third-order valence-corrected chi connectivity index (χ3v) is 9.38. The Morgan fingerprint density at radius 3 is 2.51 bits per heavy atom. The summed E-state index contributed by atoms with van der Waals surface area (Å²) >= 11 is 0. The summed E-state index contributed by atoms with van der Waals surface area (Å²) < 4.78 is 35.6. The Kier molecular flexibility index (Phi) is 12.5. The van der Waals surface area contributed by atoms with Crippen molar-refractivity contribution in [3.63, 3.8) is 0 Å². The van der Waals surface area contributed by atoms with E-state index in [0.29, 0.717) is 18.4 Å². The zero-order chi connectivity index (χ0) is 29.2. The molecule has 41 heavy (non-hydrogen) atoms. The first-order chi connectivity index (χ1) is 19.8. The Bertz CT molecular complexity index is 897. The van der Waals surface area contributed by atoms with Crippen LogP contribution in [0.5, 0.6) is 0 Å². The highest BCUT2D eigenvalue weighted by molar-refractivity contribution is 5.70. The molecule has 0 aromatic carbocycles. The van der Waals surface area contributed by atoms with Gasteiger partial charge in [0.2, 0.25) is 0 Å². The van der Waals surface area contributed by atoms with E-state index >= 15 is 0 Å². The predicted molar refractivity (Wildman–Crippen MR) is 159 cm³/mol. The molecule has 4 rings (SSSR count). The van der Waals surface area contributed by atoms with Gasteiger partial charge in [0.25, 0.3) is 0 Å². The van der Waals surface area contributed by atoms with Crippen LogP contribution >= 0.6 is 0 Å². The standard InChI is InChI=1S/C34H54O7/c1-6-7-16-34(3,4)30(41-33-13-9-11-18-39-33)15-14-27-28-20-25(24(2)22-37-23-31(35)36-5)19-26(28)21-29(27)40-32-12-8-10-17-38-32/h14-15,19,26-30,32-33H,2,6-13,16-18,20-23H2,1,3-5H3/b15-14+/t26-,27+,28-,29+,30+,32?,33?/m0/s1. The maximum atomic E-state index is 11.5. The summed E-state index contributed by atoms with van der Waals surface area (Å²) in [5.74, 6) is 0.725. The number of carbonyl (C=O) groups excluding carboxylic acids is 1. The van der Waals surface area contributed by atoms with E-state index in [1.165, 1.54) is 25.5 Å². The third-order valence-electron chi connectivity index (χ3n) is 9.38. The molecular weight excluding hydrogens is 520 g/mol. The minimum absolute atomic E-state index is 0.00148. The van der Waals surface area contributed by atoms with E-state index in [4.69, 9.17) is 23.7 Å². The fourth-order valence-electron chi connectivity index (χ4n) is 6.79. The molecule has 7 heteroatoms. The van der Waals surface area contributed by atoms with Gasteiger partial charge in [-0.1, -0.05) is 58.4 Å². The van der Waals surface area contributed by atoms with Crippen molar-refractivity contribution >= 4 is 5.97 Å². The number of methoxy groups -OCH3 is 1. The van der Waals surface area contributed by atoms with Crippen LogP contribution in [0, 0.1) is 23.2 Å². The fourth-order valence-corrected chi connectivity index (χ4v) is 6.79. The zero-order valence-corrected chi connectivity index (χ0v) is 25.9. The molecule has 0 aromatic heterocycles. The lowest BCUT2D eigenvalue weighted by Gasteiger charge is -2.36. The molecule has 2 unspecified atom stereocenters. The van der Waals surface area contributed by atoms with Crippen LogP contribution in [-0.4, -0.2) is 64.3 Å². The van der Waals surface area contributed by atoms with Crippen molar-refractivity contribution in [2.75, 3.05) is 33.5 Å². The van der Waals surface area contributed by atoms with Crippen LogP contribution in [0.25, 0.3) is 0 Å². The normalized spacial score (nSPS) is 31.2. The minimum atomic E-state index is -0.373. The van der Waals surface area contributed by atoms with Gasteiger partial charge >= 0.3 is 5.97 Å². The molecule has 232 valence electrons. The minimum Gasteiger partial charge on any atom is -0.467 e. The Balaban J connectivity index is 1.49. The van der Waals surface area contributed by atoms with Crippen LogP contribution in [0.3, 0.4) is 0 Å². The zero-order valence-electron chi connectivity index (χ0n) is 25.9. The second-order valence-electron chi connectivity index (χ2n) is 13.0. The van der Waals surface area contributed by atoms with Crippen molar-refractivity contribution < 1.29 is 33.2 Å². The van der Waals surface area contributed by atoms with Crippen LogP contribution in [0.15, 0.2) is 36.0 Å². The Hall–Kier alpha value is -1.51. The summed E-state index contributed by atoms with van der Waals surface area (Å²) in [5.41, 5.74) is 2.18. The summed E-state index contributed by atoms with van der Waals surface area (Å²) in [6.45, 7) is 13.0. The number of fused-ring (bicyclic) bond motifs is 1. The van der Waals surface area contributed by atoms with Gasteiger partial charge in [0.05, 0.1) is 25.9 Å². The number of hydrogen-bond acceptors (Lipinski definition) is 7. The number of unbranched alkanes of at least 4 members (excludes halogenated alkanes) is 1. The van der Waals surface area contributed by atoms with Crippen LogP contribution in [0.4, 0.5) is 0 Å². The van der Waals surface area contributed by atoms with Crippen LogP contribution in [-0.2, 0) is 33.2 Å². The number of esters is 1. The van der Waals surface area contributed by atoms with E-state index in [0.717, 1.165) is 76.6 Å². The molecule has 2 aliphatic heterocycles. The summed E-state index contributed by atoms with van der Waals surface area (Å²) in [6.07, 6.45) is 18.7. The van der Waals surface area contributed by atoms with Gasteiger partial charge in [-0.05, 0) is 86.2 Å². The van der Waals surface area contributed by atoms with Gasteiger partial charge in [0.15, 0.2) is 12.6 Å². The second-order valence-corrected chi connectivity index (χ2v) is 13.0. The summed E-state index contributed by atoms with van der Waals surface area (Å²) in [6, 6.07) is 0. The average molecular weight is 575 g/mol. The monoisotopic (exact) mass is 574 g/mol. The highest BCUT2D eigenvalue weighted by Gasteiger charge is 2.46. The number of ether oxygens (including phenoxy) is 6. The molecular formula is C34H54O7. The molecule has 4 aliphatic rings. The van der Waals surface area contributed by atoms with Gasteiger partial charge in [-0.25, -0.2) is 4.79 Å². The van der Waals surface area contributed by atoms with Gasteiger partial charge in [0, 0.05) is 19.1 Å². The molecule has 0 spiro atoms. The fraction of sp³-hybridized carbons (Fsp3) is 0.794. The van der Waals surface area contributed by atoms with Gasteiger partial charge in [-0.15, -0.1) is 0 Å². The first-order valence-electron chi connectivity index (χ1n) is 16.1. The maximum Gasteiger partial charge on any atom is 0.331 e. The van der Waals surface area contributed by atoms with Crippen molar-refractivity contribution in [3.8, 4) is 0 Å². The van der Waals surface area contributed by atoms with Crippen molar-refractivity contribution in [2.45, 2.75) is 116 Å². The maximum absolute atomic E-state index is 11.5. The Morgan fingerprint density at radius 1 is 1.12 bits per heavy atom. The van der Waals surface area contributed by atoms with Gasteiger partial charge in [-0.2, -0.15) is 0 Å². The molecule has 1 saturated carbocycles. The van der Waals surface area contributed by atoms with E-state index in [9.17, 15) is 4.79 Å². The summed E-state index contributed by atoms with van der Waals surface area (Å²) in [5, 5.41) is 0. The smallest absolute Gasteiger partial charge is 0.331 e. The van der Waals surface area contributed by atoms with E-state index in [2.05, 4.69) is 50.3 Å². The lowest BCUT2D eigenvalue weighted by atomic mass is 9.80. The first-order valence-corrected chi connectivity index (χ1v) is 16.1. The molecule has 2 saturated heterocycles. The lowest BCUT2D eigenvalue weighted by Crippen LogP contribution is -2.37. The van der Waals surface area contributed by atoms with Crippen LogP contribution < -0.4 is 0 Å². The van der Waals surface area contributed by atoms with Crippen molar-refractivity contribution in [1.82, 2.24) is 0 Å². The van der Waals surface area contributed by atoms with E-state index in [-0.39, 0.29) is 48.7 Å². The van der Waals surface area contributed by atoms with Gasteiger partial charge in [-0.3, -0.25) is 0 Å². The molecule has 7 nitrogen and oxygen atoms in total. The quantitative estimate of drug-likeness (QED) is 0.155. The molecule has 0 bridgehead atoms. The topological polar surface area (TPSA) is 72.5 Å². The molecule has 3 fully saturated rings. The molecule has 2 aliphatic carbocycles. The number of carbonyl (C=O) groups is 1. The Labute approximate surface area is 248 Å². The van der Waals surface area contributed by atoms with E-state index in [1.807, 2.05) is 0 Å². The number of allylic oxidation sites excluding steroid dienone is 1.